The first-order valence-electron chi connectivity index (χ1n) is 4.75. The lowest BCUT2D eigenvalue weighted by atomic mass is 10.3. The zero-order valence-electron chi connectivity index (χ0n) is 9.06. The third kappa shape index (κ3) is 2.15. The Labute approximate surface area is 93.1 Å². The average molecular weight is 219 g/mol. The van der Waals surface area contributed by atoms with Crippen LogP contribution in [0.4, 0.5) is 5.13 Å². The van der Waals surface area contributed by atoms with Gasteiger partial charge in [0.2, 0.25) is 5.13 Å². The van der Waals surface area contributed by atoms with Gasteiger partial charge in [-0.2, -0.15) is 0 Å². The maximum Gasteiger partial charge on any atom is 0.211 e. The first kappa shape index (κ1) is 10.1. The van der Waals surface area contributed by atoms with Gasteiger partial charge in [-0.3, -0.25) is 0 Å². The molecule has 2 aromatic rings. The van der Waals surface area contributed by atoms with Crippen LogP contribution in [-0.4, -0.2) is 29.8 Å². The van der Waals surface area contributed by atoms with E-state index >= 15 is 0 Å². The summed E-state index contributed by atoms with van der Waals surface area (Å²) in [5.41, 5.74) is 1.02. The van der Waals surface area contributed by atoms with Crippen LogP contribution in [0, 0.1) is 0 Å². The molecule has 4 heteroatoms. The molecule has 2 rings (SSSR count). The molecule has 0 spiro atoms. The van der Waals surface area contributed by atoms with Gasteiger partial charge in [0, 0.05) is 14.1 Å². The molecule has 0 aliphatic carbocycles. The molecule has 3 nitrogen and oxygen atoms in total. The van der Waals surface area contributed by atoms with Gasteiger partial charge in [0.1, 0.15) is 5.84 Å². The summed E-state index contributed by atoms with van der Waals surface area (Å²) in [5.74, 6) is 0.967. The second-order valence-electron chi connectivity index (χ2n) is 3.52. The maximum atomic E-state index is 4.45. The summed E-state index contributed by atoms with van der Waals surface area (Å²) in [6, 6.07) is 8.09. The van der Waals surface area contributed by atoms with Crippen molar-refractivity contribution in [3.05, 3.63) is 24.3 Å². The van der Waals surface area contributed by atoms with E-state index in [2.05, 4.69) is 16.0 Å². The number of para-hydroxylation sites is 1. The summed E-state index contributed by atoms with van der Waals surface area (Å²) in [4.78, 5) is 10.9. The molecule has 0 aliphatic rings. The van der Waals surface area contributed by atoms with Crippen molar-refractivity contribution in [2.24, 2.45) is 4.99 Å². The Bertz CT molecular complexity index is 466. The molecule has 0 saturated heterocycles. The number of nitrogens with zero attached hydrogens (tertiary/aromatic N) is 3. The fraction of sp³-hybridized carbons (Fsp3) is 0.273. The number of hydrogen-bond acceptors (Lipinski definition) is 3. The largest absolute Gasteiger partial charge is 0.366 e. The Kier molecular flexibility index (Phi) is 2.68. The van der Waals surface area contributed by atoms with Crippen LogP contribution in [0.3, 0.4) is 0 Å². The van der Waals surface area contributed by atoms with Crippen molar-refractivity contribution in [1.29, 1.82) is 0 Å². The third-order valence-corrected chi connectivity index (χ3v) is 3.12. The lowest BCUT2D eigenvalue weighted by molar-refractivity contribution is 0.619. The fourth-order valence-corrected chi connectivity index (χ4v) is 2.03. The van der Waals surface area contributed by atoms with Crippen molar-refractivity contribution in [2.45, 2.75) is 6.92 Å². The highest BCUT2D eigenvalue weighted by Crippen LogP contribution is 2.27. The Balaban J connectivity index is 2.41. The van der Waals surface area contributed by atoms with Gasteiger partial charge in [-0.15, -0.1) is 0 Å². The number of benzene rings is 1. The third-order valence-electron chi connectivity index (χ3n) is 2.19. The number of rotatable bonds is 1. The minimum Gasteiger partial charge on any atom is -0.366 e. The highest BCUT2D eigenvalue weighted by molar-refractivity contribution is 7.22. The molecule has 0 amide bonds. The van der Waals surface area contributed by atoms with Crippen LogP contribution in [0.2, 0.25) is 0 Å². The number of amidine groups is 1. The second-order valence-corrected chi connectivity index (χ2v) is 4.53. The average Bonchev–Trinajstić information content (AvgIpc) is 2.59. The molecule has 0 radical (unpaired) electrons. The summed E-state index contributed by atoms with van der Waals surface area (Å²) in [5, 5.41) is 0.822. The predicted octanol–water partition coefficient (Wildman–Crippen LogP) is 2.91. The molecule has 0 aliphatic heterocycles. The Morgan fingerprint density at radius 3 is 2.73 bits per heavy atom. The number of fused-ring (bicyclic) bond motifs is 1. The van der Waals surface area contributed by atoms with Crippen LogP contribution >= 0.6 is 11.3 Å². The molecule has 0 N–H and O–H groups in total. The van der Waals surface area contributed by atoms with E-state index < -0.39 is 0 Å². The maximum absolute atomic E-state index is 4.45. The van der Waals surface area contributed by atoms with E-state index in [1.165, 1.54) is 4.70 Å². The molecule has 1 aromatic heterocycles. The van der Waals surface area contributed by atoms with Gasteiger partial charge in [0.25, 0.3) is 0 Å². The number of thiazole rings is 1. The number of aromatic nitrogens is 1. The summed E-state index contributed by atoms with van der Waals surface area (Å²) >= 11 is 1.62. The van der Waals surface area contributed by atoms with E-state index in [4.69, 9.17) is 0 Å². The van der Waals surface area contributed by atoms with E-state index in [1.807, 2.05) is 44.1 Å². The van der Waals surface area contributed by atoms with Gasteiger partial charge in [-0.25, -0.2) is 9.98 Å². The van der Waals surface area contributed by atoms with E-state index in [0.717, 1.165) is 16.5 Å². The van der Waals surface area contributed by atoms with Crippen molar-refractivity contribution >= 4 is 32.5 Å². The second kappa shape index (κ2) is 3.98. The number of hydrogen-bond donors (Lipinski definition) is 0. The Hall–Kier alpha value is -1.42. The minimum absolute atomic E-state index is 0.822. The minimum atomic E-state index is 0.822. The van der Waals surface area contributed by atoms with E-state index in [1.54, 1.807) is 11.3 Å². The smallest absolute Gasteiger partial charge is 0.211 e. The van der Waals surface area contributed by atoms with Gasteiger partial charge in [-0.1, -0.05) is 23.5 Å². The molecule has 0 atom stereocenters. The summed E-state index contributed by atoms with van der Waals surface area (Å²) in [6.45, 7) is 1.98. The molecule has 15 heavy (non-hydrogen) atoms. The normalized spacial score (nSPS) is 12.1. The van der Waals surface area contributed by atoms with Crippen molar-refractivity contribution in [1.82, 2.24) is 9.88 Å². The van der Waals surface area contributed by atoms with E-state index in [9.17, 15) is 0 Å². The quantitative estimate of drug-likeness (QED) is 0.545. The molecule has 1 aromatic carbocycles. The first-order chi connectivity index (χ1) is 7.16. The topological polar surface area (TPSA) is 28.5 Å². The lowest BCUT2D eigenvalue weighted by Crippen LogP contribution is -2.17. The van der Waals surface area contributed by atoms with Crippen LogP contribution in [0.25, 0.3) is 10.2 Å². The van der Waals surface area contributed by atoms with Crippen molar-refractivity contribution in [2.75, 3.05) is 14.1 Å². The van der Waals surface area contributed by atoms with Gasteiger partial charge < -0.3 is 4.90 Å². The molecule has 0 fully saturated rings. The highest BCUT2D eigenvalue weighted by atomic mass is 32.1. The Morgan fingerprint density at radius 1 is 1.33 bits per heavy atom. The van der Waals surface area contributed by atoms with Crippen molar-refractivity contribution in [3.8, 4) is 0 Å². The van der Waals surface area contributed by atoms with Crippen LogP contribution in [0.5, 0.6) is 0 Å². The van der Waals surface area contributed by atoms with E-state index in [-0.39, 0.29) is 0 Å². The molecule has 0 unspecified atom stereocenters. The van der Waals surface area contributed by atoms with Crippen molar-refractivity contribution < 1.29 is 0 Å². The lowest BCUT2D eigenvalue weighted by Gasteiger charge is -2.09. The molecule has 0 saturated carbocycles. The molecular formula is C11H13N3S. The fourth-order valence-electron chi connectivity index (χ4n) is 1.15. The van der Waals surface area contributed by atoms with Gasteiger partial charge in [0.15, 0.2) is 0 Å². The first-order valence-corrected chi connectivity index (χ1v) is 5.56. The SMILES string of the molecule is C/C(=N/c1nc2ccccc2s1)N(C)C. The zero-order chi connectivity index (χ0) is 10.8. The van der Waals surface area contributed by atoms with Crippen LogP contribution < -0.4 is 0 Å². The Morgan fingerprint density at radius 2 is 2.07 bits per heavy atom. The van der Waals surface area contributed by atoms with Gasteiger partial charge in [-0.05, 0) is 19.1 Å². The van der Waals surface area contributed by atoms with Gasteiger partial charge in [0.05, 0.1) is 10.2 Å². The van der Waals surface area contributed by atoms with Crippen molar-refractivity contribution in [3.63, 3.8) is 0 Å². The zero-order valence-corrected chi connectivity index (χ0v) is 9.88. The number of aliphatic imine (C=N–C) groups is 1. The summed E-state index contributed by atoms with van der Waals surface area (Å²) in [6.07, 6.45) is 0. The molecule has 78 valence electrons. The van der Waals surface area contributed by atoms with Crippen LogP contribution in [0.1, 0.15) is 6.92 Å². The highest BCUT2D eigenvalue weighted by Gasteiger charge is 2.02. The standard InChI is InChI=1S/C11H13N3S/c1-8(14(2)3)12-11-13-9-6-4-5-7-10(9)15-11/h4-7H,1-3H3/b12-8-. The predicted molar refractivity (Wildman–Crippen MR) is 66.1 cm³/mol. The summed E-state index contributed by atoms with van der Waals surface area (Å²) < 4.78 is 1.18. The van der Waals surface area contributed by atoms with E-state index in [0.29, 0.717) is 0 Å². The monoisotopic (exact) mass is 219 g/mol. The van der Waals surface area contributed by atoms with Crippen LogP contribution in [-0.2, 0) is 0 Å². The molecule has 1 heterocycles. The summed E-state index contributed by atoms with van der Waals surface area (Å²) in [7, 11) is 3.96. The van der Waals surface area contributed by atoms with Crippen LogP contribution in [0.15, 0.2) is 29.3 Å². The molecular weight excluding hydrogens is 206 g/mol. The van der Waals surface area contributed by atoms with Gasteiger partial charge >= 0.3 is 0 Å². The molecule has 0 bridgehead atoms.